The Balaban J connectivity index is 2.16. The maximum atomic E-state index is 12.0. The molecule has 2 rings (SSSR count). The van der Waals surface area contributed by atoms with Gasteiger partial charge in [0.25, 0.3) is 10.9 Å². The summed E-state index contributed by atoms with van der Waals surface area (Å²) in [6.45, 7) is 0.990. The van der Waals surface area contributed by atoms with Crippen molar-refractivity contribution in [1.82, 2.24) is 0 Å². The number of rotatable bonds is 10. The molecule has 0 radical (unpaired) electrons. The van der Waals surface area contributed by atoms with Crippen molar-refractivity contribution in [3.8, 4) is 0 Å². The molecule has 1 aromatic rings. The van der Waals surface area contributed by atoms with Crippen LogP contribution in [0.1, 0.15) is 19.3 Å². The molecular formula is C15H25BN4O6. The Hall–Kier alpha value is -1.95. The second kappa shape index (κ2) is 8.17. The van der Waals surface area contributed by atoms with Crippen molar-refractivity contribution in [2.45, 2.75) is 31.1 Å². The molecule has 1 aliphatic rings. The SMILES string of the molecule is NCCCNc1c(N2C[C@H](CCCB(O)O)[C@](N)(C(=O)O)C2)c(=O)c1=O. The van der Waals surface area contributed by atoms with E-state index in [1.807, 2.05) is 0 Å². The molecule has 1 aromatic carbocycles. The Morgan fingerprint density at radius 3 is 2.58 bits per heavy atom. The van der Waals surface area contributed by atoms with E-state index in [2.05, 4.69) is 5.32 Å². The summed E-state index contributed by atoms with van der Waals surface area (Å²) in [4.78, 5) is 37.1. The maximum absolute atomic E-state index is 12.0. The van der Waals surface area contributed by atoms with Crippen LogP contribution in [0.5, 0.6) is 0 Å². The van der Waals surface area contributed by atoms with Gasteiger partial charge in [0.05, 0.1) is 0 Å². The van der Waals surface area contributed by atoms with Gasteiger partial charge in [-0.3, -0.25) is 14.4 Å². The van der Waals surface area contributed by atoms with Gasteiger partial charge in [0.2, 0.25) is 0 Å². The zero-order chi connectivity index (χ0) is 19.5. The van der Waals surface area contributed by atoms with Crippen LogP contribution in [0, 0.1) is 5.92 Å². The van der Waals surface area contributed by atoms with Crippen LogP contribution in [-0.2, 0) is 4.79 Å². The summed E-state index contributed by atoms with van der Waals surface area (Å²) in [5, 5.41) is 30.3. The molecule has 1 heterocycles. The minimum absolute atomic E-state index is 0.0922. The summed E-state index contributed by atoms with van der Waals surface area (Å²) in [6, 6.07) is 0. The molecule has 0 aliphatic carbocycles. The first-order valence-electron chi connectivity index (χ1n) is 8.63. The van der Waals surface area contributed by atoms with E-state index in [0.717, 1.165) is 0 Å². The molecule has 1 fully saturated rings. The van der Waals surface area contributed by atoms with E-state index in [-0.39, 0.29) is 30.8 Å². The Morgan fingerprint density at radius 2 is 2.00 bits per heavy atom. The van der Waals surface area contributed by atoms with E-state index in [9.17, 15) is 19.5 Å². The molecule has 0 aromatic heterocycles. The van der Waals surface area contributed by atoms with Gasteiger partial charge in [-0.1, -0.05) is 6.42 Å². The van der Waals surface area contributed by atoms with E-state index in [1.165, 1.54) is 0 Å². The quantitative estimate of drug-likeness (QED) is 0.147. The van der Waals surface area contributed by atoms with E-state index >= 15 is 0 Å². The highest BCUT2D eigenvalue weighted by Gasteiger charge is 2.50. The van der Waals surface area contributed by atoms with Crippen molar-refractivity contribution in [3.63, 3.8) is 0 Å². The third-order valence-corrected chi connectivity index (χ3v) is 4.92. The van der Waals surface area contributed by atoms with Crippen molar-refractivity contribution >= 4 is 24.5 Å². The van der Waals surface area contributed by atoms with Crippen LogP contribution in [0.25, 0.3) is 0 Å². The second-order valence-corrected chi connectivity index (χ2v) is 6.79. The summed E-state index contributed by atoms with van der Waals surface area (Å²) < 4.78 is 0. The molecule has 144 valence electrons. The number of carbonyl (C=O) groups is 1. The van der Waals surface area contributed by atoms with Crippen LogP contribution in [0.4, 0.5) is 11.4 Å². The monoisotopic (exact) mass is 368 g/mol. The molecule has 0 spiro atoms. The lowest BCUT2D eigenvalue weighted by Gasteiger charge is -2.26. The molecule has 2 atom stereocenters. The maximum Gasteiger partial charge on any atom is 0.451 e. The molecule has 1 saturated heterocycles. The molecule has 8 N–H and O–H groups in total. The number of nitrogens with two attached hydrogens (primary N) is 2. The summed E-state index contributed by atoms with van der Waals surface area (Å²) in [5.74, 6) is -1.68. The average molecular weight is 368 g/mol. The standard InChI is InChI=1S/C15H25BN4O6/c17-5-2-6-19-10-11(13(22)12(10)21)20-7-9(3-1-4-16(25)26)15(18,8-20)14(23)24/h9,19,25-26H,1-8,17-18H2,(H,23,24)/t9-,15-/m0/s1. The van der Waals surface area contributed by atoms with Crippen molar-refractivity contribution in [3.05, 3.63) is 20.4 Å². The van der Waals surface area contributed by atoms with Gasteiger partial charge < -0.3 is 36.8 Å². The van der Waals surface area contributed by atoms with Gasteiger partial charge in [0, 0.05) is 25.6 Å². The molecule has 0 unspecified atom stereocenters. The predicted octanol–water partition coefficient (Wildman–Crippen LogP) is -2.49. The lowest BCUT2D eigenvalue weighted by atomic mass is 9.78. The molecule has 11 heteroatoms. The Labute approximate surface area is 150 Å². The lowest BCUT2D eigenvalue weighted by Crippen LogP contribution is -2.55. The van der Waals surface area contributed by atoms with Gasteiger partial charge in [-0.25, -0.2) is 0 Å². The molecule has 10 nitrogen and oxygen atoms in total. The summed E-state index contributed by atoms with van der Waals surface area (Å²) in [7, 11) is -1.46. The first-order chi connectivity index (χ1) is 12.2. The van der Waals surface area contributed by atoms with Crippen LogP contribution >= 0.6 is 0 Å². The number of hydrogen-bond acceptors (Lipinski definition) is 9. The fourth-order valence-electron chi connectivity index (χ4n) is 3.41. The highest BCUT2D eigenvalue weighted by Crippen LogP contribution is 2.35. The molecule has 0 bridgehead atoms. The van der Waals surface area contributed by atoms with Gasteiger partial charge in [-0.05, 0) is 25.7 Å². The van der Waals surface area contributed by atoms with Gasteiger partial charge in [0.1, 0.15) is 16.9 Å². The van der Waals surface area contributed by atoms with Crippen molar-refractivity contribution in [2.75, 3.05) is 36.4 Å². The van der Waals surface area contributed by atoms with Crippen molar-refractivity contribution in [2.24, 2.45) is 17.4 Å². The van der Waals surface area contributed by atoms with Crippen LogP contribution in [0.2, 0.25) is 6.32 Å². The highest BCUT2D eigenvalue weighted by molar-refractivity contribution is 6.40. The summed E-state index contributed by atoms with van der Waals surface area (Å²) in [6.07, 6.45) is 1.48. The molecule has 26 heavy (non-hydrogen) atoms. The van der Waals surface area contributed by atoms with Gasteiger partial charge in [-0.15, -0.1) is 0 Å². The zero-order valence-electron chi connectivity index (χ0n) is 14.5. The fourth-order valence-corrected chi connectivity index (χ4v) is 3.41. The Morgan fingerprint density at radius 1 is 1.31 bits per heavy atom. The van der Waals surface area contributed by atoms with Gasteiger partial charge >= 0.3 is 13.1 Å². The smallest absolute Gasteiger partial charge is 0.451 e. The van der Waals surface area contributed by atoms with E-state index in [0.29, 0.717) is 32.4 Å². The first-order valence-corrected chi connectivity index (χ1v) is 8.63. The number of nitrogens with zero attached hydrogens (tertiary/aromatic N) is 1. The number of aliphatic carboxylic acids is 1. The number of carboxylic acid groups (broad SMARTS) is 1. The van der Waals surface area contributed by atoms with Crippen LogP contribution in [0.15, 0.2) is 9.59 Å². The topological polar surface area (TPSA) is 179 Å². The number of hydrogen-bond donors (Lipinski definition) is 6. The second-order valence-electron chi connectivity index (χ2n) is 6.79. The van der Waals surface area contributed by atoms with Crippen LogP contribution in [0.3, 0.4) is 0 Å². The summed E-state index contributed by atoms with van der Waals surface area (Å²) >= 11 is 0. The molecule has 0 amide bonds. The largest absolute Gasteiger partial charge is 0.480 e. The van der Waals surface area contributed by atoms with Gasteiger partial charge in [-0.2, -0.15) is 0 Å². The first kappa shape index (κ1) is 20.4. The fraction of sp³-hybridized carbons (Fsp3) is 0.667. The molecule has 0 saturated carbocycles. The normalized spacial score (nSPS) is 22.8. The zero-order valence-corrected chi connectivity index (χ0v) is 14.5. The van der Waals surface area contributed by atoms with Crippen LogP contribution < -0.4 is 32.5 Å². The Bertz CT molecular complexity index is 719. The minimum Gasteiger partial charge on any atom is -0.480 e. The van der Waals surface area contributed by atoms with E-state index in [4.69, 9.17) is 21.5 Å². The average Bonchev–Trinajstić information content (AvgIpc) is 2.91. The highest BCUT2D eigenvalue weighted by atomic mass is 16.4. The summed E-state index contributed by atoms with van der Waals surface area (Å²) in [5.41, 5.74) is 9.01. The molecular weight excluding hydrogens is 343 g/mol. The predicted molar refractivity (Wildman–Crippen MR) is 98.0 cm³/mol. The lowest BCUT2D eigenvalue weighted by molar-refractivity contribution is -0.144. The number of nitrogens with one attached hydrogen (secondary N) is 1. The van der Waals surface area contributed by atoms with Crippen molar-refractivity contribution < 1.29 is 19.9 Å². The van der Waals surface area contributed by atoms with E-state index < -0.39 is 35.4 Å². The Kier molecular flexibility index (Phi) is 6.40. The minimum atomic E-state index is -1.57. The van der Waals surface area contributed by atoms with E-state index in [1.54, 1.807) is 4.90 Å². The third kappa shape index (κ3) is 3.90. The van der Waals surface area contributed by atoms with Crippen LogP contribution in [-0.4, -0.2) is 60.0 Å². The molecule has 1 aliphatic heterocycles. The van der Waals surface area contributed by atoms with Crippen molar-refractivity contribution in [1.29, 1.82) is 0 Å². The third-order valence-electron chi connectivity index (χ3n) is 4.92. The number of anilines is 2. The number of carboxylic acids is 1. The van der Waals surface area contributed by atoms with Gasteiger partial charge in [0.15, 0.2) is 0 Å².